The smallest absolute Gasteiger partial charge is 0.182 e. The van der Waals surface area contributed by atoms with E-state index in [4.69, 9.17) is 17.3 Å². The van der Waals surface area contributed by atoms with Crippen molar-refractivity contribution in [1.82, 2.24) is 0 Å². The quantitative estimate of drug-likeness (QED) is 0.865. The largest absolute Gasteiger partial charge is 0.396 e. The zero-order valence-corrected chi connectivity index (χ0v) is 14.0. The van der Waals surface area contributed by atoms with Crippen molar-refractivity contribution >= 4 is 21.4 Å². The molecule has 3 N–H and O–H groups in total. The molecule has 0 heterocycles. The molecular formula is C17H18ClNO3S. The molecule has 23 heavy (non-hydrogen) atoms. The van der Waals surface area contributed by atoms with E-state index >= 15 is 0 Å². The predicted octanol–water partition coefficient (Wildman–Crippen LogP) is 2.22. The first-order chi connectivity index (χ1) is 11.0. The van der Waals surface area contributed by atoms with E-state index in [0.29, 0.717) is 5.02 Å². The topological polar surface area (TPSA) is 80.4 Å². The van der Waals surface area contributed by atoms with Crippen LogP contribution in [-0.4, -0.2) is 31.9 Å². The summed E-state index contributed by atoms with van der Waals surface area (Å²) in [6, 6.07) is 15.3. The van der Waals surface area contributed by atoms with E-state index in [2.05, 4.69) is 0 Å². The van der Waals surface area contributed by atoms with Gasteiger partial charge >= 0.3 is 0 Å². The van der Waals surface area contributed by atoms with Crippen molar-refractivity contribution in [2.24, 2.45) is 11.1 Å². The van der Waals surface area contributed by atoms with Crippen molar-refractivity contribution in [2.75, 3.05) is 13.2 Å². The molecule has 0 amide bonds. The lowest BCUT2D eigenvalue weighted by Crippen LogP contribution is -2.27. The molecule has 3 unspecified atom stereocenters. The molecule has 0 bridgehead atoms. The number of benzene rings is 2. The standard InChI is InChI=1S/C17H18ClNO3S/c18-13-8-6-12(7-9-13)15-16(17(15,10-19)11-20)23(21,22)14-4-2-1-3-5-14/h1-9,15-16,20H,10-11,19H2. The Balaban J connectivity index is 2.05. The number of halogens is 1. The van der Waals surface area contributed by atoms with Crippen LogP contribution in [0.15, 0.2) is 59.5 Å². The maximum atomic E-state index is 13.0. The first-order valence-corrected chi connectivity index (χ1v) is 9.25. The molecule has 1 saturated carbocycles. The van der Waals surface area contributed by atoms with Crippen LogP contribution in [0.4, 0.5) is 0 Å². The summed E-state index contributed by atoms with van der Waals surface area (Å²) >= 11 is 5.91. The van der Waals surface area contributed by atoms with Gasteiger partial charge in [-0.3, -0.25) is 0 Å². The van der Waals surface area contributed by atoms with Gasteiger partial charge in [0.2, 0.25) is 0 Å². The molecule has 1 aliphatic rings. The number of sulfone groups is 1. The SMILES string of the molecule is NCC1(CO)C(c2ccc(Cl)cc2)C1S(=O)(=O)c1ccccc1. The second-order valence-electron chi connectivity index (χ2n) is 5.90. The fourth-order valence-corrected chi connectivity index (χ4v) is 5.97. The zero-order chi connectivity index (χ0) is 16.7. The molecular weight excluding hydrogens is 334 g/mol. The Bertz CT molecular complexity index is 786. The normalized spacial score (nSPS) is 26.9. The lowest BCUT2D eigenvalue weighted by molar-refractivity contribution is 0.212. The molecule has 1 aliphatic carbocycles. The second kappa shape index (κ2) is 5.91. The summed E-state index contributed by atoms with van der Waals surface area (Å²) in [6.45, 7) is -0.166. The number of aliphatic hydroxyl groups is 1. The number of rotatable bonds is 5. The molecule has 0 aromatic heterocycles. The molecule has 3 rings (SSSR count). The summed E-state index contributed by atoms with van der Waals surface area (Å²) in [5.74, 6) is -0.333. The molecule has 2 aromatic rings. The highest BCUT2D eigenvalue weighted by molar-refractivity contribution is 7.92. The Morgan fingerprint density at radius 1 is 1.09 bits per heavy atom. The van der Waals surface area contributed by atoms with Crippen molar-refractivity contribution < 1.29 is 13.5 Å². The number of aliphatic hydroxyl groups excluding tert-OH is 1. The third-order valence-electron chi connectivity index (χ3n) is 4.69. The highest BCUT2D eigenvalue weighted by Crippen LogP contribution is 2.63. The van der Waals surface area contributed by atoms with Gasteiger partial charge < -0.3 is 10.8 Å². The van der Waals surface area contributed by atoms with Gasteiger partial charge in [0, 0.05) is 22.9 Å². The molecule has 3 atom stereocenters. The Labute approximate surface area is 140 Å². The summed E-state index contributed by atoms with van der Waals surface area (Å²) in [5.41, 5.74) is 5.84. The Morgan fingerprint density at radius 2 is 1.70 bits per heavy atom. The van der Waals surface area contributed by atoms with Crippen LogP contribution in [0.2, 0.25) is 5.02 Å². The van der Waals surface area contributed by atoms with Crippen LogP contribution in [0.25, 0.3) is 0 Å². The van der Waals surface area contributed by atoms with Crippen LogP contribution in [0, 0.1) is 5.41 Å². The summed E-state index contributed by atoms with van der Waals surface area (Å²) in [7, 11) is -3.58. The molecule has 122 valence electrons. The molecule has 0 aliphatic heterocycles. The molecule has 0 spiro atoms. The number of nitrogens with two attached hydrogens (primary N) is 1. The van der Waals surface area contributed by atoms with Crippen molar-refractivity contribution in [3.05, 3.63) is 65.2 Å². The Morgan fingerprint density at radius 3 is 2.22 bits per heavy atom. The van der Waals surface area contributed by atoms with Gasteiger partial charge in [-0.15, -0.1) is 0 Å². The van der Waals surface area contributed by atoms with E-state index in [1.54, 1.807) is 54.6 Å². The third-order valence-corrected chi connectivity index (χ3v) is 7.28. The van der Waals surface area contributed by atoms with Crippen LogP contribution in [0.1, 0.15) is 11.5 Å². The van der Waals surface area contributed by atoms with E-state index < -0.39 is 20.5 Å². The van der Waals surface area contributed by atoms with Crippen LogP contribution in [0.3, 0.4) is 0 Å². The van der Waals surface area contributed by atoms with Crippen LogP contribution in [-0.2, 0) is 9.84 Å². The molecule has 4 nitrogen and oxygen atoms in total. The van der Waals surface area contributed by atoms with E-state index in [1.165, 1.54) is 0 Å². The van der Waals surface area contributed by atoms with Crippen LogP contribution >= 0.6 is 11.6 Å². The number of hydrogen-bond acceptors (Lipinski definition) is 4. The summed E-state index contributed by atoms with van der Waals surface area (Å²) in [5, 5.41) is 9.71. The summed E-state index contributed by atoms with van der Waals surface area (Å²) < 4.78 is 26.0. The fourth-order valence-electron chi connectivity index (χ4n) is 3.37. The Hall–Kier alpha value is -1.40. The van der Waals surface area contributed by atoms with Gasteiger partial charge in [-0.2, -0.15) is 0 Å². The molecule has 2 aromatic carbocycles. The third kappa shape index (κ3) is 2.58. The molecule has 0 radical (unpaired) electrons. The van der Waals surface area contributed by atoms with E-state index in [1.807, 2.05) is 0 Å². The lowest BCUT2D eigenvalue weighted by Gasteiger charge is -2.12. The van der Waals surface area contributed by atoms with E-state index in [9.17, 15) is 13.5 Å². The summed E-state index contributed by atoms with van der Waals surface area (Å²) in [6.07, 6.45) is 0. The highest BCUT2D eigenvalue weighted by Gasteiger charge is 2.70. The lowest BCUT2D eigenvalue weighted by atomic mass is 10.0. The molecule has 1 fully saturated rings. The van der Waals surface area contributed by atoms with Gasteiger partial charge in [0.05, 0.1) is 16.8 Å². The maximum Gasteiger partial charge on any atom is 0.182 e. The van der Waals surface area contributed by atoms with Crippen molar-refractivity contribution in [3.8, 4) is 0 Å². The van der Waals surface area contributed by atoms with Gasteiger partial charge in [0.15, 0.2) is 9.84 Å². The first kappa shape index (κ1) is 16.5. The second-order valence-corrected chi connectivity index (χ2v) is 8.41. The van der Waals surface area contributed by atoms with Crippen molar-refractivity contribution in [3.63, 3.8) is 0 Å². The van der Waals surface area contributed by atoms with E-state index in [-0.39, 0.29) is 24.0 Å². The van der Waals surface area contributed by atoms with Gasteiger partial charge in [0.1, 0.15) is 0 Å². The molecule has 0 saturated heterocycles. The average Bonchev–Trinajstić information content (AvgIpc) is 3.27. The average molecular weight is 352 g/mol. The maximum absolute atomic E-state index is 13.0. The van der Waals surface area contributed by atoms with Crippen LogP contribution < -0.4 is 5.73 Å². The minimum atomic E-state index is -3.58. The molecule has 6 heteroatoms. The number of hydrogen-bond donors (Lipinski definition) is 2. The van der Waals surface area contributed by atoms with Gasteiger partial charge in [0.25, 0.3) is 0 Å². The van der Waals surface area contributed by atoms with E-state index in [0.717, 1.165) is 5.56 Å². The minimum absolute atomic E-state index is 0.105. The van der Waals surface area contributed by atoms with Gasteiger partial charge in [-0.05, 0) is 29.8 Å². The van der Waals surface area contributed by atoms with Crippen molar-refractivity contribution in [2.45, 2.75) is 16.1 Å². The van der Waals surface area contributed by atoms with Crippen LogP contribution in [0.5, 0.6) is 0 Å². The van der Waals surface area contributed by atoms with Gasteiger partial charge in [-0.25, -0.2) is 8.42 Å². The minimum Gasteiger partial charge on any atom is -0.396 e. The Kier molecular flexibility index (Phi) is 4.23. The zero-order valence-electron chi connectivity index (χ0n) is 12.4. The fraction of sp³-hybridized carbons (Fsp3) is 0.294. The summed E-state index contributed by atoms with van der Waals surface area (Å²) in [4.78, 5) is 0.257. The monoisotopic (exact) mass is 351 g/mol. The van der Waals surface area contributed by atoms with Gasteiger partial charge in [-0.1, -0.05) is 41.9 Å². The predicted molar refractivity (Wildman–Crippen MR) is 90.2 cm³/mol. The van der Waals surface area contributed by atoms with Crippen molar-refractivity contribution in [1.29, 1.82) is 0 Å². The highest BCUT2D eigenvalue weighted by atomic mass is 35.5. The first-order valence-electron chi connectivity index (χ1n) is 7.33.